The number of hydrogen-bond acceptors (Lipinski definition) is 4. The number of hydrogen-bond donors (Lipinski definition) is 3. The number of rotatable bonds is 5. The van der Waals surface area contributed by atoms with Crippen molar-refractivity contribution in [3.05, 3.63) is 35.9 Å². The highest BCUT2D eigenvalue weighted by Crippen LogP contribution is 2.27. The zero-order valence-corrected chi connectivity index (χ0v) is 13.8. The van der Waals surface area contributed by atoms with Gasteiger partial charge in [0.15, 0.2) is 0 Å². The van der Waals surface area contributed by atoms with Crippen LogP contribution in [0.3, 0.4) is 0 Å². The summed E-state index contributed by atoms with van der Waals surface area (Å²) in [5.74, 6) is -0.813. The minimum atomic E-state index is -0.567. The second-order valence-electron chi connectivity index (χ2n) is 5.87. The van der Waals surface area contributed by atoms with Gasteiger partial charge in [0.05, 0.1) is 0 Å². The van der Waals surface area contributed by atoms with E-state index in [0.29, 0.717) is 32.5 Å². The Bertz CT molecular complexity index is 583. The van der Waals surface area contributed by atoms with Gasteiger partial charge in [0, 0.05) is 12.5 Å². The summed E-state index contributed by atoms with van der Waals surface area (Å²) in [6.45, 7) is 3.39. The molecule has 1 aliphatic rings. The largest absolute Gasteiger partial charge is 0.369 e. The minimum absolute atomic E-state index is 0.149. The van der Waals surface area contributed by atoms with Crippen molar-refractivity contribution in [1.29, 1.82) is 0 Å². The first-order valence-corrected chi connectivity index (χ1v) is 8.20. The van der Waals surface area contributed by atoms with Crippen molar-refractivity contribution < 1.29 is 14.4 Å². The summed E-state index contributed by atoms with van der Waals surface area (Å²) in [6.07, 6.45) is 1.24. The third kappa shape index (κ3) is 4.55. The molecule has 4 amide bonds. The van der Waals surface area contributed by atoms with Gasteiger partial charge >= 0.3 is 6.03 Å². The van der Waals surface area contributed by atoms with E-state index in [4.69, 9.17) is 5.73 Å². The number of likely N-dealkylation sites (tertiary alicyclic amines) is 1. The lowest BCUT2D eigenvalue weighted by molar-refractivity contribution is -0.127. The van der Waals surface area contributed by atoms with E-state index in [2.05, 4.69) is 10.6 Å². The first-order chi connectivity index (χ1) is 11.5. The number of amides is 4. The number of imide groups is 1. The van der Waals surface area contributed by atoms with Crippen LogP contribution in [0.2, 0.25) is 0 Å². The summed E-state index contributed by atoms with van der Waals surface area (Å²) < 4.78 is 0. The number of nitrogens with one attached hydrogen (secondary N) is 2. The second-order valence-corrected chi connectivity index (χ2v) is 5.87. The highest BCUT2D eigenvalue weighted by atomic mass is 16.2. The summed E-state index contributed by atoms with van der Waals surface area (Å²) in [5.41, 5.74) is 6.19. The molecular formula is C17H24N4O3. The van der Waals surface area contributed by atoms with Crippen LogP contribution in [-0.2, 0) is 9.59 Å². The van der Waals surface area contributed by atoms with E-state index in [-0.39, 0.29) is 17.7 Å². The molecule has 1 saturated heterocycles. The van der Waals surface area contributed by atoms with Crippen molar-refractivity contribution in [2.24, 2.45) is 11.7 Å². The van der Waals surface area contributed by atoms with Crippen molar-refractivity contribution in [2.75, 3.05) is 19.6 Å². The number of nitrogens with two attached hydrogens (primary N) is 1. The molecule has 0 radical (unpaired) electrons. The average Bonchev–Trinajstić information content (AvgIpc) is 2.56. The summed E-state index contributed by atoms with van der Waals surface area (Å²) in [7, 11) is 0. The van der Waals surface area contributed by atoms with Crippen LogP contribution in [0.25, 0.3) is 0 Å². The van der Waals surface area contributed by atoms with Crippen LogP contribution in [0.15, 0.2) is 30.3 Å². The first-order valence-electron chi connectivity index (χ1n) is 8.20. The molecule has 0 unspecified atom stereocenters. The third-order valence-corrected chi connectivity index (χ3v) is 4.23. The molecule has 1 atom stereocenters. The SMILES string of the molecule is CCNC(=O)NC(=O)[C@H](c1ccccc1)N1CCC(C(N)=O)CC1. The zero-order valence-electron chi connectivity index (χ0n) is 13.8. The third-order valence-electron chi connectivity index (χ3n) is 4.23. The predicted molar refractivity (Wildman–Crippen MR) is 89.9 cm³/mol. The Morgan fingerprint density at radius 3 is 2.38 bits per heavy atom. The molecule has 4 N–H and O–H groups in total. The Hall–Kier alpha value is -2.41. The number of urea groups is 1. The summed E-state index contributed by atoms with van der Waals surface area (Å²) in [4.78, 5) is 37.6. The fourth-order valence-electron chi connectivity index (χ4n) is 2.99. The Kier molecular flexibility index (Phi) is 6.31. The quantitative estimate of drug-likeness (QED) is 0.741. The van der Waals surface area contributed by atoms with E-state index < -0.39 is 12.1 Å². The Morgan fingerprint density at radius 1 is 1.21 bits per heavy atom. The predicted octanol–water partition coefficient (Wildman–Crippen LogP) is 0.771. The second kappa shape index (κ2) is 8.44. The molecule has 1 aromatic carbocycles. The minimum Gasteiger partial charge on any atom is -0.369 e. The average molecular weight is 332 g/mol. The highest BCUT2D eigenvalue weighted by Gasteiger charge is 2.33. The number of carbonyl (C=O) groups excluding carboxylic acids is 3. The maximum Gasteiger partial charge on any atom is 0.321 e. The standard InChI is InChI=1S/C17H24N4O3/c1-2-19-17(24)20-16(23)14(12-6-4-3-5-7-12)21-10-8-13(9-11-21)15(18)22/h3-7,13-14H,2,8-11H2,1H3,(H2,18,22)(H2,19,20,23,24)/t14-/m0/s1. The lowest BCUT2D eigenvalue weighted by atomic mass is 9.93. The summed E-state index contributed by atoms with van der Waals surface area (Å²) in [5, 5.41) is 4.95. The normalized spacial score (nSPS) is 17.0. The van der Waals surface area contributed by atoms with E-state index in [1.54, 1.807) is 6.92 Å². The fourth-order valence-corrected chi connectivity index (χ4v) is 2.99. The molecular weight excluding hydrogens is 308 g/mol. The van der Waals surface area contributed by atoms with Gasteiger partial charge in [0.25, 0.3) is 0 Å². The van der Waals surface area contributed by atoms with Crippen molar-refractivity contribution in [3.8, 4) is 0 Å². The molecule has 0 aliphatic carbocycles. The van der Waals surface area contributed by atoms with Gasteiger partial charge in [-0.25, -0.2) is 4.79 Å². The number of primary amides is 1. The van der Waals surface area contributed by atoms with E-state index >= 15 is 0 Å². The molecule has 1 heterocycles. The van der Waals surface area contributed by atoms with Crippen molar-refractivity contribution in [2.45, 2.75) is 25.8 Å². The Balaban J connectivity index is 2.14. The molecule has 0 saturated carbocycles. The molecule has 1 aromatic rings. The van der Waals surface area contributed by atoms with Gasteiger partial charge in [-0.2, -0.15) is 0 Å². The molecule has 7 heteroatoms. The monoisotopic (exact) mass is 332 g/mol. The lowest BCUT2D eigenvalue weighted by Crippen LogP contribution is -2.49. The van der Waals surface area contributed by atoms with E-state index in [1.807, 2.05) is 35.2 Å². The number of nitrogens with zero attached hydrogens (tertiary/aromatic N) is 1. The smallest absolute Gasteiger partial charge is 0.321 e. The van der Waals surface area contributed by atoms with Crippen molar-refractivity contribution in [1.82, 2.24) is 15.5 Å². The summed E-state index contributed by atoms with van der Waals surface area (Å²) >= 11 is 0. The van der Waals surface area contributed by atoms with E-state index in [0.717, 1.165) is 5.56 Å². The first kappa shape index (κ1) is 17.9. The topological polar surface area (TPSA) is 105 Å². The van der Waals surface area contributed by atoms with Gasteiger partial charge in [-0.15, -0.1) is 0 Å². The van der Waals surface area contributed by atoms with Crippen LogP contribution < -0.4 is 16.4 Å². The van der Waals surface area contributed by atoms with E-state index in [9.17, 15) is 14.4 Å². The molecule has 0 bridgehead atoms. The zero-order chi connectivity index (χ0) is 17.5. The molecule has 7 nitrogen and oxygen atoms in total. The van der Waals surface area contributed by atoms with Crippen LogP contribution in [0.5, 0.6) is 0 Å². The fraction of sp³-hybridized carbons (Fsp3) is 0.471. The van der Waals surface area contributed by atoms with Crippen LogP contribution in [-0.4, -0.2) is 42.4 Å². The van der Waals surface area contributed by atoms with Crippen LogP contribution in [0.1, 0.15) is 31.4 Å². The molecule has 0 spiro atoms. The highest BCUT2D eigenvalue weighted by molar-refractivity contribution is 5.97. The van der Waals surface area contributed by atoms with Crippen LogP contribution >= 0.6 is 0 Å². The van der Waals surface area contributed by atoms with Crippen molar-refractivity contribution in [3.63, 3.8) is 0 Å². The molecule has 0 aromatic heterocycles. The van der Waals surface area contributed by atoms with Gasteiger partial charge in [-0.05, 0) is 38.4 Å². The van der Waals surface area contributed by atoms with Gasteiger partial charge in [0.2, 0.25) is 11.8 Å². The van der Waals surface area contributed by atoms with E-state index in [1.165, 1.54) is 0 Å². The summed E-state index contributed by atoms with van der Waals surface area (Å²) in [6, 6.07) is 8.25. The molecule has 1 fully saturated rings. The maximum absolute atomic E-state index is 12.6. The lowest BCUT2D eigenvalue weighted by Gasteiger charge is -2.36. The number of piperidine rings is 1. The Labute approximate surface area is 141 Å². The molecule has 2 rings (SSSR count). The number of carbonyl (C=O) groups is 3. The van der Waals surface area contributed by atoms with Gasteiger partial charge in [-0.3, -0.25) is 19.8 Å². The molecule has 24 heavy (non-hydrogen) atoms. The molecule has 1 aliphatic heterocycles. The van der Waals surface area contributed by atoms with Crippen LogP contribution in [0, 0.1) is 5.92 Å². The van der Waals surface area contributed by atoms with Crippen LogP contribution in [0.4, 0.5) is 4.79 Å². The van der Waals surface area contributed by atoms with Gasteiger partial charge in [-0.1, -0.05) is 30.3 Å². The van der Waals surface area contributed by atoms with Gasteiger partial charge in [0.1, 0.15) is 6.04 Å². The van der Waals surface area contributed by atoms with Crippen molar-refractivity contribution >= 4 is 17.8 Å². The number of benzene rings is 1. The molecule has 130 valence electrons. The maximum atomic E-state index is 12.6. The van der Waals surface area contributed by atoms with Gasteiger partial charge < -0.3 is 11.1 Å². The Morgan fingerprint density at radius 2 is 1.83 bits per heavy atom.